The predicted molar refractivity (Wildman–Crippen MR) is 48.2 cm³/mol. The molecule has 0 N–H and O–H groups in total. The summed E-state index contributed by atoms with van der Waals surface area (Å²) in [5.74, 6) is 0. The Labute approximate surface area is 65.8 Å². The number of halogens is 1. The Morgan fingerprint density at radius 2 is 1.89 bits per heavy atom. The van der Waals surface area contributed by atoms with Crippen LogP contribution in [0.4, 0.5) is 0 Å². The van der Waals surface area contributed by atoms with Gasteiger partial charge in [-0.1, -0.05) is 46.4 Å². The van der Waals surface area contributed by atoms with Crippen LogP contribution in [0, 0.1) is 0 Å². The van der Waals surface area contributed by atoms with E-state index in [2.05, 4.69) is 48.1 Å². The molecule has 0 saturated carbocycles. The second-order valence-corrected chi connectivity index (χ2v) is 9.15. The highest BCUT2D eigenvalue weighted by Crippen LogP contribution is 2.32. The van der Waals surface area contributed by atoms with Crippen LogP contribution in [0.1, 0.15) is 6.92 Å². The van der Waals surface area contributed by atoms with Gasteiger partial charge >= 0.3 is 0 Å². The first-order valence-corrected chi connectivity index (χ1v) is 6.89. The maximum absolute atomic E-state index is 3.57. The first-order valence-electron chi connectivity index (χ1n) is 3.10. The van der Waals surface area contributed by atoms with Crippen LogP contribution >= 0.6 is 15.9 Å². The fraction of sp³-hybridized carbons (Fsp3) is 0.429. The number of allylic oxidation sites excluding steroid dienone is 3. The molecule has 0 fully saturated rings. The van der Waals surface area contributed by atoms with Crippen molar-refractivity contribution in [3.63, 3.8) is 0 Å². The minimum atomic E-state index is -1.11. The van der Waals surface area contributed by atoms with Crippen molar-refractivity contribution in [2.24, 2.45) is 0 Å². The Bertz CT molecular complexity index is 169. The van der Waals surface area contributed by atoms with E-state index < -0.39 is 8.07 Å². The Morgan fingerprint density at radius 1 is 1.33 bits per heavy atom. The maximum atomic E-state index is 3.57. The zero-order valence-corrected chi connectivity index (χ0v) is 8.62. The first kappa shape index (κ1) is 7.29. The van der Waals surface area contributed by atoms with Crippen molar-refractivity contribution in [2.45, 2.75) is 20.0 Å². The van der Waals surface area contributed by atoms with Gasteiger partial charge < -0.3 is 0 Å². The molecule has 0 aromatic carbocycles. The summed E-state index contributed by atoms with van der Waals surface area (Å²) in [6, 6.07) is 0. The molecule has 0 radical (unpaired) electrons. The zero-order valence-electron chi connectivity index (χ0n) is 6.03. The number of hydrogen-bond donors (Lipinski definition) is 0. The zero-order chi connectivity index (χ0) is 7.07. The SMILES string of the molecule is CC1=CC=C(Br)[Si]1(C)C. The summed E-state index contributed by atoms with van der Waals surface area (Å²) >= 11 is 3.57. The molecule has 1 heterocycles. The van der Waals surface area contributed by atoms with E-state index in [1.807, 2.05) is 0 Å². The van der Waals surface area contributed by atoms with E-state index in [4.69, 9.17) is 0 Å². The molecule has 0 aromatic heterocycles. The summed E-state index contributed by atoms with van der Waals surface area (Å²) in [5, 5.41) is 1.56. The molecule has 0 saturated heterocycles. The second kappa shape index (κ2) is 2.10. The van der Waals surface area contributed by atoms with Crippen LogP contribution in [-0.4, -0.2) is 8.07 Å². The van der Waals surface area contributed by atoms with Crippen LogP contribution in [0.3, 0.4) is 0 Å². The maximum Gasteiger partial charge on any atom is 0.116 e. The van der Waals surface area contributed by atoms with Crippen molar-refractivity contribution in [1.82, 2.24) is 0 Å². The minimum absolute atomic E-state index is 1.11. The van der Waals surface area contributed by atoms with E-state index in [1.165, 1.54) is 4.11 Å². The van der Waals surface area contributed by atoms with Crippen LogP contribution in [0.5, 0.6) is 0 Å². The molecule has 0 amide bonds. The van der Waals surface area contributed by atoms with Crippen LogP contribution in [-0.2, 0) is 0 Å². The third kappa shape index (κ3) is 1.06. The smallest absolute Gasteiger partial charge is 0.0784 e. The summed E-state index contributed by atoms with van der Waals surface area (Å²) < 4.78 is 1.42. The van der Waals surface area contributed by atoms with E-state index in [1.54, 1.807) is 5.20 Å². The van der Waals surface area contributed by atoms with Crippen molar-refractivity contribution in [2.75, 3.05) is 0 Å². The Kier molecular flexibility index (Phi) is 1.70. The van der Waals surface area contributed by atoms with Gasteiger partial charge in [-0.3, -0.25) is 0 Å². The molecule has 1 aliphatic rings. The van der Waals surface area contributed by atoms with Gasteiger partial charge in [-0.25, -0.2) is 0 Å². The molecule has 0 aromatic rings. The first-order chi connectivity index (χ1) is 4.05. The number of rotatable bonds is 0. The fourth-order valence-corrected chi connectivity index (χ4v) is 3.25. The standard InChI is InChI=1S/C7H11BrSi/c1-6-4-5-7(8)9(6,2)3/h4-5H,1-3H3. The number of hydrogen-bond acceptors (Lipinski definition) is 0. The van der Waals surface area contributed by atoms with E-state index >= 15 is 0 Å². The van der Waals surface area contributed by atoms with Crippen molar-refractivity contribution in [3.8, 4) is 0 Å². The van der Waals surface area contributed by atoms with Crippen molar-refractivity contribution in [3.05, 3.63) is 21.5 Å². The third-order valence-electron chi connectivity index (χ3n) is 2.06. The molecule has 9 heavy (non-hydrogen) atoms. The van der Waals surface area contributed by atoms with E-state index in [9.17, 15) is 0 Å². The third-order valence-corrected chi connectivity index (χ3v) is 8.80. The van der Waals surface area contributed by atoms with Gasteiger partial charge in [0.2, 0.25) is 0 Å². The van der Waals surface area contributed by atoms with Gasteiger partial charge in [0.25, 0.3) is 0 Å². The van der Waals surface area contributed by atoms with Crippen molar-refractivity contribution in [1.29, 1.82) is 0 Å². The topological polar surface area (TPSA) is 0 Å². The van der Waals surface area contributed by atoms with Gasteiger partial charge in [0.15, 0.2) is 0 Å². The molecular weight excluding hydrogens is 192 g/mol. The summed E-state index contributed by atoms with van der Waals surface area (Å²) in [4.78, 5) is 0. The molecule has 0 aliphatic carbocycles. The van der Waals surface area contributed by atoms with Crippen LogP contribution in [0.15, 0.2) is 21.5 Å². The Morgan fingerprint density at radius 3 is 2.00 bits per heavy atom. The molecule has 2 heteroatoms. The van der Waals surface area contributed by atoms with Gasteiger partial charge in [0.1, 0.15) is 8.07 Å². The monoisotopic (exact) mass is 202 g/mol. The highest BCUT2D eigenvalue weighted by atomic mass is 79.9. The molecule has 0 unspecified atom stereocenters. The molecule has 0 atom stereocenters. The van der Waals surface area contributed by atoms with Gasteiger partial charge in [0.05, 0.1) is 0 Å². The van der Waals surface area contributed by atoms with E-state index in [0.717, 1.165) is 0 Å². The van der Waals surface area contributed by atoms with Crippen LogP contribution in [0.25, 0.3) is 0 Å². The molecule has 0 nitrogen and oxygen atoms in total. The van der Waals surface area contributed by atoms with E-state index in [0.29, 0.717) is 0 Å². The van der Waals surface area contributed by atoms with Crippen molar-refractivity contribution < 1.29 is 0 Å². The minimum Gasteiger partial charge on any atom is -0.0784 e. The van der Waals surface area contributed by atoms with Crippen LogP contribution in [0.2, 0.25) is 13.1 Å². The fourth-order valence-electron chi connectivity index (χ4n) is 0.803. The molecule has 50 valence electrons. The summed E-state index contributed by atoms with van der Waals surface area (Å²) in [7, 11) is -1.11. The van der Waals surface area contributed by atoms with Gasteiger partial charge in [-0.15, -0.1) is 0 Å². The lowest BCUT2D eigenvalue weighted by Crippen LogP contribution is -2.25. The summed E-state index contributed by atoms with van der Waals surface area (Å²) in [5.41, 5.74) is 0. The van der Waals surface area contributed by atoms with Crippen molar-refractivity contribution >= 4 is 24.0 Å². The molecule has 1 aliphatic heterocycles. The Balaban J connectivity index is 2.96. The lowest BCUT2D eigenvalue weighted by Gasteiger charge is -2.17. The normalized spacial score (nSPS) is 23.6. The average molecular weight is 203 g/mol. The van der Waals surface area contributed by atoms with E-state index in [-0.39, 0.29) is 0 Å². The summed E-state index contributed by atoms with van der Waals surface area (Å²) in [6.07, 6.45) is 4.40. The molecular formula is C7H11BrSi. The lowest BCUT2D eigenvalue weighted by molar-refractivity contribution is 1.59. The molecule has 0 spiro atoms. The highest BCUT2D eigenvalue weighted by molar-refractivity contribution is 9.12. The molecule has 1 rings (SSSR count). The second-order valence-electron chi connectivity index (χ2n) is 2.99. The van der Waals surface area contributed by atoms with Gasteiger partial charge in [-0.05, 0) is 11.0 Å². The predicted octanol–water partition coefficient (Wildman–Crippen LogP) is 3.01. The molecule has 0 bridgehead atoms. The van der Waals surface area contributed by atoms with Gasteiger partial charge in [0, 0.05) is 0 Å². The summed E-state index contributed by atoms with van der Waals surface area (Å²) in [6.45, 7) is 6.93. The van der Waals surface area contributed by atoms with Crippen LogP contribution < -0.4 is 0 Å². The Hall–Kier alpha value is 0.177. The highest BCUT2D eigenvalue weighted by Gasteiger charge is 2.28. The lowest BCUT2D eigenvalue weighted by atomic mass is 10.5. The van der Waals surface area contributed by atoms with Gasteiger partial charge in [-0.2, -0.15) is 0 Å². The quantitative estimate of drug-likeness (QED) is 0.531. The average Bonchev–Trinajstić information content (AvgIpc) is 1.96. The largest absolute Gasteiger partial charge is 0.116 e.